The SMILES string of the molecule is CCN1OCC(N2CC=C(c3c[nH]c4ncccc34)CC2)C1=O. The highest BCUT2D eigenvalue weighted by Crippen LogP contribution is 2.29. The summed E-state index contributed by atoms with van der Waals surface area (Å²) < 4.78 is 0. The molecule has 0 bridgehead atoms. The number of amides is 1. The molecule has 0 spiro atoms. The van der Waals surface area contributed by atoms with E-state index in [9.17, 15) is 4.79 Å². The highest BCUT2D eigenvalue weighted by atomic mass is 16.7. The number of nitrogens with zero attached hydrogens (tertiary/aromatic N) is 3. The Morgan fingerprint density at radius 3 is 3.13 bits per heavy atom. The zero-order valence-electron chi connectivity index (χ0n) is 13.2. The first-order valence-corrected chi connectivity index (χ1v) is 8.07. The van der Waals surface area contributed by atoms with Gasteiger partial charge in [-0.3, -0.25) is 14.5 Å². The van der Waals surface area contributed by atoms with E-state index in [0.29, 0.717) is 13.2 Å². The minimum Gasteiger partial charge on any atom is -0.346 e. The normalized spacial score (nSPS) is 22.8. The maximum Gasteiger partial charge on any atom is 0.265 e. The predicted octanol–water partition coefficient (Wildman–Crippen LogP) is 1.81. The molecule has 1 unspecified atom stereocenters. The zero-order valence-corrected chi connectivity index (χ0v) is 13.2. The molecular weight excluding hydrogens is 292 g/mol. The van der Waals surface area contributed by atoms with E-state index in [0.717, 1.165) is 30.5 Å². The monoisotopic (exact) mass is 312 g/mol. The van der Waals surface area contributed by atoms with Crippen LogP contribution < -0.4 is 0 Å². The summed E-state index contributed by atoms with van der Waals surface area (Å²) in [5.74, 6) is 0.0839. The van der Waals surface area contributed by atoms with Crippen LogP contribution >= 0.6 is 0 Å². The quantitative estimate of drug-likeness (QED) is 0.939. The molecule has 4 heterocycles. The maximum atomic E-state index is 12.2. The maximum absolute atomic E-state index is 12.2. The molecule has 1 fully saturated rings. The van der Waals surface area contributed by atoms with Gasteiger partial charge in [0.1, 0.15) is 11.7 Å². The molecule has 0 aromatic carbocycles. The van der Waals surface area contributed by atoms with Gasteiger partial charge in [0.25, 0.3) is 5.91 Å². The second-order valence-electron chi connectivity index (χ2n) is 5.92. The number of hydrogen-bond donors (Lipinski definition) is 1. The number of aromatic amines is 1. The third-order valence-corrected chi connectivity index (χ3v) is 4.68. The third kappa shape index (κ3) is 2.44. The van der Waals surface area contributed by atoms with Gasteiger partial charge < -0.3 is 4.98 Å². The topological polar surface area (TPSA) is 61.5 Å². The van der Waals surface area contributed by atoms with Gasteiger partial charge in [0.15, 0.2) is 0 Å². The molecule has 1 amide bonds. The molecule has 6 nitrogen and oxygen atoms in total. The van der Waals surface area contributed by atoms with Crippen molar-refractivity contribution in [2.75, 3.05) is 26.2 Å². The number of carbonyl (C=O) groups excluding carboxylic acids is 1. The van der Waals surface area contributed by atoms with Gasteiger partial charge in [0.05, 0.1) is 6.61 Å². The van der Waals surface area contributed by atoms with Crippen LogP contribution in [0.25, 0.3) is 16.6 Å². The van der Waals surface area contributed by atoms with Gasteiger partial charge in [-0.05, 0) is 31.1 Å². The summed E-state index contributed by atoms with van der Waals surface area (Å²) in [5, 5.41) is 2.62. The Kier molecular flexibility index (Phi) is 3.63. The lowest BCUT2D eigenvalue weighted by Crippen LogP contribution is -2.44. The van der Waals surface area contributed by atoms with E-state index < -0.39 is 0 Å². The molecule has 2 aliphatic heterocycles. The highest BCUT2D eigenvalue weighted by Gasteiger charge is 2.37. The number of aromatic nitrogens is 2. The second-order valence-corrected chi connectivity index (χ2v) is 5.92. The molecule has 4 rings (SSSR count). The van der Waals surface area contributed by atoms with Crippen molar-refractivity contribution in [1.29, 1.82) is 0 Å². The smallest absolute Gasteiger partial charge is 0.265 e. The molecule has 1 atom stereocenters. The van der Waals surface area contributed by atoms with Crippen LogP contribution in [0.5, 0.6) is 0 Å². The summed E-state index contributed by atoms with van der Waals surface area (Å²) >= 11 is 0. The first kappa shape index (κ1) is 14.4. The van der Waals surface area contributed by atoms with Crippen molar-refractivity contribution in [2.45, 2.75) is 19.4 Å². The highest BCUT2D eigenvalue weighted by molar-refractivity contribution is 5.90. The molecule has 0 saturated carbocycles. The lowest BCUT2D eigenvalue weighted by atomic mass is 9.99. The van der Waals surface area contributed by atoms with E-state index in [1.54, 1.807) is 6.20 Å². The van der Waals surface area contributed by atoms with Crippen molar-refractivity contribution in [3.63, 3.8) is 0 Å². The van der Waals surface area contributed by atoms with Crippen LogP contribution in [-0.4, -0.2) is 58.1 Å². The Morgan fingerprint density at radius 2 is 2.39 bits per heavy atom. The Hall–Kier alpha value is -2.18. The molecule has 2 aliphatic rings. The second kappa shape index (κ2) is 5.79. The number of rotatable bonds is 3. The molecule has 0 radical (unpaired) electrons. The standard InChI is InChI=1S/C17H20N4O2/c1-2-21-17(22)15(11-23-21)20-8-5-12(6-9-20)14-10-19-16-13(14)4-3-7-18-16/h3-5,7,10,15H,2,6,8-9,11H2,1H3,(H,18,19). The molecule has 1 N–H and O–H groups in total. The number of carbonyl (C=O) groups is 1. The first-order valence-electron chi connectivity index (χ1n) is 8.07. The first-order chi connectivity index (χ1) is 11.3. The molecule has 1 saturated heterocycles. The third-order valence-electron chi connectivity index (χ3n) is 4.68. The molecule has 6 heteroatoms. The summed E-state index contributed by atoms with van der Waals surface area (Å²) in [6.45, 7) is 4.65. The number of hydroxylamine groups is 2. The Bertz CT molecular complexity index is 767. The number of hydrogen-bond acceptors (Lipinski definition) is 4. The largest absolute Gasteiger partial charge is 0.346 e. The number of fused-ring (bicyclic) bond motifs is 1. The fraction of sp³-hybridized carbons (Fsp3) is 0.412. The van der Waals surface area contributed by atoms with Crippen LogP contribution in [0.2, 0.25) is 0 Å². The molecule has 120 valence electrons. The Labute approximate surface area is 134 Å². The van der Waals surface area contributed by atoms with Gasteiger partial charge in [-0.15, -0.1) is 0 Å². The van der Waals surface area contributed by atoms with E-state index in [4.69, 9.17) is 4.84 Å². The molecule has 23 heavy (non-hydrogen) atoms. The molecular formula is C17H20N4O2. The van der Waals surface area contributed by atoms with Gasteiger partial charge in [-0.1, -0.05) is 6.08 Å². The van der Waals surface area contributed by atoms with E-state index in [-0.39, 0.29) is 11.9 Å². The van der Waals surface area contributed by atoms with Gasteiger partial charge in [0, 0.05) is 43.0 Å². The van der Waals surface area contributed by atoms with Crippen molar-refractivity contribution in [1.82, 2.24) is 19.9 Å². The average molecular weight is 312 g/mol. The summed E-state index contributed by atoms with van der Waals surface area (Å²) in [4.78, 5) is 27.5. The summed E-state index contributed by atoms with van der Waals surface area (Å²) in [6, 6.07) is 3.91. The lowest BCUT2D eigenvalue weighted by molar-refractivity contribution is -0.160. The van der Waals surface area contributed by atoms with Crippen molar-refractivity contribution < 1.29 is 9.63 Å². The number of nitrogens with one attached hydrogen (secondary N) is 1. The summed E-state index contributed by atoms with van der Waals surface area (Å²) in [7, 11) is 0. The van der Waals surface area contributed by atoms with Crippen LogP contribution in [-0.2, 0) is 9.63 Å². The minimum absolute atomic E-state index is 0.0839. The predicted molar refractivity (Wildman–Crippen MR) is 87.4 cm³/mol. The Balaban J connectivity index is 1.52. The average Bonchev–Trinajstić information content (AvgIpc) is 3.18. The van der Waals surface area contributed by atoms with Crippen LogP contribution in [0.4, 0.5) is 0 Å². The van der Waals surface area contributed by atoms with Crippen molar-refractivity contribution in [3.05, 3.63) is 36.2 Å². The van der Waals surface area contributed by atoms with Gasteiger partial charge in [0.2, 0.25) is 0 Å². The summed E-state index contributed by atoms with van der Waals surface area (Å²) in [5.41, 5.74) is 3.46. The van der Waals surface area contributed by atoms with Crippen LogP contribution in [0, 0.1) is 0 Å². The van der Waals surface area contributed by atoms with E-state index >= 15 is 0 Å². The number of likely N-dealkylation sites (N-methyl/N-ethyl adjacent to an activating group) is 1. The molecule has 2 aromatic rings. The fourth-order valence-electron chi connectivity index (χ4n) is 3.40. The zero-order chi connectivity index (χ0) is 15.8. The van der Waals surface area contributed by atoms with Crippen LogP contribution in [0.15, 0.2) is 30.6 Å². The van der Waals surface area contributed by atoms with Crippen LogP contribution in [0.3, 0.4) is 0 Å². The van der Waals surface area contributed by atoms with Gasteiger partial charge in [-0.25, -0.2) is 10.0 Å². The minimum atomic E-state index is -0.141. The van der Waals surface area contributed by atoms with E-state index in [1.165, 1.54) is 16.2 Å². The van der Waals surface area contributed by atoms with Crippen molar-refractivity contribution in [2.24, 2.45) is 0 Å². The Morgan fingerprint density at radius 1 is 1.48 bits per heavy atom. The van der Waals surface area contributed by atoms with E-state index in [2.05, 4.69) is 27.0 Å². The fourth-order valence-corrected chi connectivity index (χ4v) is 3.40. The number of H-pyrrole nitrogens is 1. The van der Waals surface area contributed by atoms with Crippen LogP contribution in [0.1, 0.15) is 18.9 Å². The number of pyridine rings is 1. The van der Waals surface area contributed by atoms with Crippen molar-refractivity contribution >= 4 is 22.5 Å². The van der Waals surface area contributed by atoms with E-state index in [1.807, 2.05) is 19.2 Å². The van der Waals surface area contributed by atoms with Gasteiger partial charge in [-0.2, -0.15) is 0 Å². The molecule has 2 aromatic heterocycles. The summed E-state index contributed by atoms with van der Waals surface area (Å²) in [6.07, 6.45) is 6.98. The lowest BCUT2D eigenvalue weighted by Gasteiger charge is -2.29. The van der Waals surface area contributed by atoms with Crippen molar-refractivity contribution in [3.8, 4) is 0 Å². The molecule has 0 aliphatic carbocycles. The van der Waals surface area contributed by atoms with Gasteiger partial charge >= 0.3 is 0 Å².